The van der Waals surface area contributed by atoms with Gasteiger partial charge in [-0.15, -0.1) is 0 Å². The van der Waals surface area contributed by atoms with Crippen LogP contribution in [0.2, 0.25) is 0 Å². The largest absolute Gasteiger partial charge is 0.469 e. The molecule has 0 saturated carbocycles. The highest BCUT2D eigenvalue weighted by Crippen LogP contribution is 2.26. The van der Waals surface area contributed by atoms with Crippen LogP contribution in [0.1, 0.15) is 13.3 Å². The molecule has 2 rings (SSSR count). The third kappa shape index (κ3) is 3.15. The fraction of sp³-hybridized carbons (Fsp3) is 0.308. The van der Waals surface area contributed by atoms with Crippen molar-refractivity contribution in [1.29, 1.82) is 0 Å². The normalized spacial score (nSPS) is 18.3. The molecule has 0 aliphatic carbocycles. The predicted octanol–water partition coefficient (Wildman–Crippen LogP) is 0.236. The Bertz CT molecular complexity index is 739. The van der Waals surface area contributed by atoms with E-state index in [1.807, 2.05) is 0 Å². The van der Waals surface area contributed by atoms with Gasteiger partial charge >= 0.3 is 5.97 Å². The maximum atomic E-state index is 12.3. The second kappa shape index (κ2) is 5.85. The maximum absolute atomic E-state index is 12.3. The van der Waals surface area contributed by atoms with Gasteiger partial charge in [-0.3, -0.25) is 9.59 Å². The highest BCUT2D eigenvalue weighted by Gasteiger charge is 2.36. The lowest BCUT2D eigenvalue weighted by Crippen LogP contribution is -2.29. The Labute approximate surface area is 127 Å². The first-order chi connectivity index (χ1) is 10.2. The molecule has 1 aliphatic heterocycles. The number of ether oxygens (including phenoxy) is 1. The first-order valence-electron chi connectivity index (χ1n) is 6.33. The van der Waals surface area contributed by atoms with Gasteiger partial charge in [0.15, 0.2) is 0 Å². The van der Waals surface area contributed by atoms with Gasteiger partial charge in [-0.1, -0.05) is 0 Å². The molecule has 1 aromatic carbocycles. The summed E-state index contributed by atoms with van der Waals surface area (Å²) in [6.45, 7) is 1.64. The van der Waals surface area contributed by atoms with E-state index < -0.39 is 21.9 Å². The number of rotatable bonds is 4. The fourth-order valence-corrected chi connectivity index (χ4v) is 2.57. The molecule has 1 amide bonds. The number of nitrogens with zero attached hydrogens (tertiary/aromatic N) is 2. The Morgan fingerprint density at radius 1 is 1.36 bits per heavy atom. The molecule has 118 valence electrons. The highest BCUT2D eigenvalue weighted by atomic mass is 32.2. The highest BCUT2D eigenvalue weighted by molar-refractivity contribution is 7.89. The molecule has 8 nitrogen and oxygen atoms in total. The van der Waals surface area contributed by atoms with E-state index >= 15 is 0 Å². The minimum absolute atomic E-state index is 0.0605. The third-order valence-corrected chi connectivity index (χ3v) is 4.21. The van der Waals surface area contributed by atoms with Crippen molar-refractivity contribution in [3.63, 3.8) is 0 Å². The average Bonchev–Trinajstić information content (AvgIpc) is 2.74. The molecule has 0 fully saturated rings. The Balaban J connectivity index is 2.24. The van der Waals surface area contributed by atoms with E-state index in [0.29, 0.717) is 11.4 Å². The monoisotopic (exact) mass is 325 g/mol. The van der Waals surface area contributed by atoms with Gasteiger partial charge in [0.05, 0.1) is 30.0 Å². The van der Waals surface area contributed by atoms with Gasteiger partial charge < -0.3 is 4.74 Å². The topological polar surface area (TPSA) is 119 Å². The summed E-state index contributed by atoms with van der Waals surface area (Å²) in [6, 6.07) is 5.43. The molecule has 0 saturated heterocycles. The van der Waals surface area contributed by atoms with Crippen molar-refractivity contribution in [2.45, 2.75) is 18.2 Å². The van der Waals surface area contributed by atoms with Crippen molar-refractivity contribution in [3.8, 4) is 0 Å². The second-order valence-corrected chi connectivity index (χ2v) is 6.32. The number of esters is 1. The van der Waals surface area contributed by atoms with Gasteiger partial charge in [0.2, 0.25) is 10.0 Å². The number of methoxy groups -OCH3 is 1. The molecule has 2 N–H and O–H groups in total. The number of carbonyl (C=O) groups excluding carboxylic acids is 2. The van der Waals surface area contributed by atoms with E-state index in [9.17, 15) is 18.0 Å². The molecule has 0 radical (unpaired) electrons. The second-order valence-electron chi connectivity index (χ2n) is 4.76. The van der Waals surface area contributed by atoms with Crippen LogP contribution in [0.4, 0.5) is 5.69 Å². The number of primary sulfonamides is 1. The van der Waals surface area contributed by atoms with Crippen LogP contribution in [0, 0.1) is 5.92 Å². The quantitative estimate of drug-likeness (QED) is 0.795. The molecule has 0 bridgehead atoms. The standard InChI is InChI=1S/C13H15N3O5S/c1-8-11(7-12(17)21-2)13(18)16(15-8)9-3-5-10(6-4-9)22(14,19)20/h3-6,11H,7H2,1-2H3,(H2,14,19,20). The number of hydrazone groups is 1. The van der Waals surface area contributed by atoms with Crippen LogP contribution in [0.15, 0.2) is 34.3 Å². The molecule has 0 aromatic heterocycles. The van der Waals surface area contributed by atoms with Crippen molar-refractivity contribution in [3.05, 3.63) is 24.3 Å². The Morgan fingerprint density at radius 2 is 1.95 bits per heavy atom. The Kier molecular flexibility index (Phi) is 4.29. The van der Waals surface area contributed by atoms with Gasteiger partial charge in [0.25, 0.3) is 5.91 Å². The van der Waals surface area contributed by atoms with Crippen molar-refractivity contribution in [2.24, 2.45) is 16.2 Å². The van der Waals surface area contributed by atoms with Gasteiger partial charge in [0.1, 0.15) is 0 Å². The first kappa shape index (κ1) is 16.1. The molecular formula is C13H15N3O5S. The van der Waals surface area contributed by atoms with Crippen LogP contribution in [-0.2, 0) is 24.3 Å². The van der Waals surface area contributed by atoms with E-state index in [4.69, 9.17) is 5.14 Å². The molecule has 1 unspecified atom stereocenters. The van der Waals surface area contributed by atoms with Crippen LogP contribution in [0.5, 0.6) is 0 Å². The van der Waals surface area contributed by atoms with Gasteiger partial charge in [-0.2, -0.15) is 5.10 Å². The number of nitrogens with two attached hydrogens (primary N) is 1. The number of anilines is 1. The van der Waals surface area contributed by atoms with Crippen molar-refractivity contribution >= 4 is 33.3 Å². The van der Waals surface area contributed by atoms with Crippen LogP contribution in [0.3, 0.4) is 0 Å². The van der Waals surface area contributed by atoms with Crippen LogP contribution >= 0.6 is 0 Å². The minimum atomic E-state index is -3.80. The fourth-order valence-electron chi connectivity index (χ4n) is 2.05. The van der Waals surface area contributed by atoms with Crippen molar-refractivity contribution < 1.29 is 22.7 Å². The summed E-state index contributed by atoms with van der Waals surface area (Å²) in [5.41, 5.74) is 0.884. The maximum Gasteiger partial charge on any atom is 0.306 e. The molecular weight excluding hydrogens is 310 g/mol. The third-order valence-electron chi connectivity index (χ3n) is 3.28. The van der Waals surface area contributed by atoms with E-state index in [-0.39, 0.29) is 17.2 Å². The number of amides is 1. The molecule has 22 heavy (non-hydrogen) atoms. The molecule has 9 heteroatoms. The van der Waals surface area contributed by atoms with Gasteiger partial charge in [-0.25, -0.2) is 18.6 Å². The number of carbonyl (C=O) groups is 2. The van der Waals surface area contributed by atoms with E-state index in [1.165, 1.54) is 31.4 Å². The summed E-state index contributed by atoms with van der Waals surface area (Å²) in [7, 11) is -2.55. The van der Waals surface area contributed by atoms with Crippen molar-refractivity contribution in [1.82, 2.24) is 0 Å². The summed E-state index contributed by atoms with van der Waals surface area (Å²) in [4.78, 5) is 23.6. The molecule has 1 aromatic rings. The Hall–Kier alpha value is -2.26. The molecule has 1 heterocycles. The summed E-state index contributed by atoms with van der Waals surface area (Å²) in [5.74, 6) is -1.55. The summed E-state index contributed by atoms with van der Waals surface area (Å²) >= 11 is 0. The number of sulfonamides is 1. The Morgan fingerprint density at radius 3 is 2.45 bits per heavy atom. The van der Waals surface area contributed by atoms with Crippen LogP contribution in [-0.4, -0.2) is 33.1 Å². The first-order valence-corrected chi connectivity index (χ1v) is 7.87. The lowest BCUT2D eigenvalue weighted by atomic mass is 10.0. The van der Waals surface area contributed by atoms with Crippen LogP contribution in [0.25, 0.3) is 0 Å². The molecule has 0 spiro atoms. The van der Waals surface area contributed by atoms with Crippen LogP contribution < -0.4 is 10.1 Å². The zero-order valence-corrected chi connectivity index (χ0v) is 12.8. The van der Waals surface area contributed by atoms with Crippen molar-refractivity contribution in [2.75, 3.05) is 12.1 Å². The predicted molar refractivity (Wildman–Crippen MR) is 78.5 cm³/mol. The van der Waals surface area contributed by atoms with Gasteiger partial charge in [0, 0.05) is 5.71 Å². The molecule has 1 atom stereocenters. The summed E-state index contributed by atoms with van der Waals surface area (Å²) in [6.07, 6.45) is -0.0869. The van der Waals surface area contributed by atoms with E-state index in [0.717, 1.165) is 5.01 Å². The zero-order valence-electron chi connectivity index (χ0n) is 12.0. The summed E-state index contributed by atoms with van der Waals surface area (Å²) in [5, 5.41) is 10.3. The van der Waals surface area contributed by atoms with E-state index in [1.54, 1.807) is 6.92 Å². The lowest BCUT2D eigenvalue weighted by molar-refractivity contribution is -0.142. The number of benzene rings is 1. The SMILES string of the molecule is COC(=O)CC1C(=O)N(c2ccc(S(N)(=O)=O)cc2)N=C1C. The number of hydrogen-bond acceptors (Lipinski definition) is 6. The molecule has 1 aliphatic rings. The average molecular weight is 325 g/mol. The lowest BCUT2D eigenvalue weighted by Gasteiger charge is -2.14. The van der Waals surface area contributed by atoms with Gasteiger partial charge in [-0.05, 0) is 31.2 Å². The number of hydrogen-bond donors (Lipinski definition) is 1. The summed E-state index contributed by atoms with van der Waals surface area (Å²) < 4.78 is 27.0. The minimum Gasteiger partial charge on any atom is -0.469 e. The smallest absolute Gasteiger partial charge is 0.306 e. The zero-order chi connectivity index (χ0) is 16.5. The van der Waals surface area contributed by atoms with E-state index in [2.05, 4.69) is 9.84 Å².